The van der Waals surface area contributed by atoms with Crippen LogP contribution in [0.4, 0.5) is 0 Å². The highest BCUT2D eigenvalue weighted by molar-refractivity contribution is 5.85. The fraction of sp³-hybridized carbons (Fsp3) is 0.125. The van der Waals surface area contributed by atoms with Gasteiger partial charge in [0.2, 0.25) is 0 Å². The lowest BCUT2D eigenvalue weighted by Gasteiger charge is -2.07. The molecule has 19 heavy (non-hydrogen) atoms. The number of fused-ring (bicyclic) bond motifs is 1. The van der Waals surface area contributed by atoms with Gasteiger partial charge >= 0.3 is 0 Å². The highest BCUT2D eigenvalue weighted by Crippen LogP contribution is 2.18. The van der Waals surface area contributed by atoms with Gasteiger partial charge in [0, 0.05) is 6.54 Å². The molecule has 0 aliphatic heterocycles. The summed E-state index contributed by atoms with van der Waals surface area (Å²) in [5, 5.41) is 6.00. The van der Waals surface area contributed by atoms with Crippen LogP contribution in [0.15, 0.2) is 65.3 Å². The third-order valence-electron chi connectivity index (χ3n) is 3.07. The Hall–Kier alpha value is -1.77. The van der Waals surface area contributed by atoms with E-state index < -0.39 is 0 Å². The van der Waals surface area contributed by atoms with Crippen molar-refractivity contribution in [2.24, 2.45) is 0 Å². The van der Waals surface area contributed by atoms with Gasteiger partial charge in [-0.05, 0) is 28.5 Å². The van der Waals surface area contributed by atoms with Gasteiger partial charge in [0.15, 0.2) is 0 Å². The summed E-state index contributed by atoms with van der Waals surface area (Å²) in [7, 11) is 0. The van der Waals surface area contributed by atoms with E-state index in [2.05, 4.69) is 47.8 Å². The molecule has 1 aromatic heterocycles. The highest BCUT2D eigenvalue weighted by Gasteiger charge is 2.00. The Bertz CT molecular complexity index is 629. The molecule has 0 aliphatic rings. The van der Waals surface area contributed by atoms with Crippen molar-refractivity contribution in [3.63, 3.8) is 0 Å². The lowest BCUT2D eigenvalue weighted by Crippen LogP contribution is -3.00. The second-order valence-corrected chi connectivity index (χ2v) is 4.32. The second kappa shape index (κ2) is 6.41. The van der Waals surface area contributed by atoms with Gasteiger partial charge in [0.1, 0.15) is 5.76 Å². The van der Waals surface area contributed by atoms with Crippen LogP contribution < -0.4 is 17.7 Å². The fourth-order valence-electron chi connectivity index (χ4n) is 2.18. The molecule has 0 saturated carbocycles. The molecule has 3 rings (SSSR count). The van der Waals surface area contributed by atoms with Crippen LogP contribution >= 0.6 is 0 Å². The summed E-state index contributed by atoms with van der Waals surface area (Å²) < 4.78 is 5.30. The maximum Gasteiger partial charge on any atom is 0.117 e. The Balaban J connectivity index is 0.00000133. The minimum atomic E-state index is 0. The summed E-state index contributed by atoms with van der Waals surface area (Å²) in [4.78, 5) is 0. The molecule has 2 aromatic carbocycles. The normalized spacial score (nSPS) is 10.3. The van der Waals surface area contributed by atoms with Crippen molar-refractivity contribution < 1.29 is 16.8 Å². The molecule has 1 heterocycles. The Labute approximate surface area is 118 Å². The van der Waals surface area contributed by atoms with Crippen LogP contribution in [0.2, 0.25) is 0 Å². The van der Waals surface area contributed by atoms with E-state index in [0.29, 0.717) is 0 Å². The molecule has 0 saturated heterocycles. The first-order valence-electron chi connectivity index (χ1n) is 6.13. The van der Waals surface area contributed by atoms with E-state index in [1.165, 1.54) is 16.3 Å². The summed E-state index contributed by atoms with van der Waals surface area (Å²) in [6, 6.07) is 18.8. The monoisotopic (exact) mass is 272 g/mol. The molecule has 1 N–H and O–H groups in total. The van der Waals surface area contributed by atoms with Gasteiger partial charge in [-0.2, -0.15) is 0 Å². The van der Waals surface area contributed by atoms with E-state index in [0.717, 1.165) is 18.8 Å². The van der Waals surface area contributed by atoms with Crippen molar-refractivity contribution in [3.05, 3.63) is 72.2 Å². The van der Waals surface area contributed by atoms with Gasteiger partial charge in [-0.1, -0.05) is 42.5 Å². The van der Waals surface area contributed by atoms with Crippen molar-refractivity contribution in [1.29, 1.82) is 0 Å². The zero-order chi connectivity index (χ0) is 12.2. The first-order chi connectivity index (χ1) is 8.93. The number of halogens is 1. The van der Waals surface area contributed by atoms with E-state index in [4.69, 9.17) is 4.42 Å². The van der Waals surface area contributed by atoms with Crippen molar-refractivity contribution in [1.82, 2.24) is 5.32 Å². The number of benzene rings is 2. The summed E-state index contributed by atoms with van der Waals surface area (Å²) in [5.74, 6) is 0.968. The number of hydrogen-bond donors (Lipinski definition) is 1. The fourth-order valence-corrected chi connectivity index (χ4v) is 2.18. The SMILES string of the molecule is [Cl-].c1coc(CNCc2cccc3ccccc23)c1. The average Bonchev–Trinajstić information content (AvgIpc) is 2.92. The lowest BCUT2D eigenvalue weighted by molar-refractivity contribution is -0.00000407. The molecular weight excluding hydrogens is 258 g/mol. The maximum atomic E-state index is 5.30. The van der Waals surface area contributed by atoms with Crippen molar-refractivity contribution in [2.75, 3.05) is 0 Å². The van der Waals surface area contributed by atoms with E-state index >= 15 is 0 Å². The van der Waals surface area contributed by atoms with Crippen molar-refractivity contribution >= 4 is 10.8 Å². The molecule has 0 fully saturated rings. The van der Waals surface area contributed by atoms with Gasteiger partial charge in [0.25, 0.3) is 0 Å². The van der Waals surface area contributed by atoms with E-state index in [1.807, 2.05) is 12.1 Å². The molecule has 0 radical (unpaired) electrons. The van der Waals surface area contributed by atoms with E-state index in [1.54, 1.807) is 6.26 Å². The maximum absolute atomic E-state index is 5.30. The minimum absolute atomic E-state index is 0. The van der Waals surface area contributed by atoms with Gasteiger partial charge < -0.3 is 22.1 Å². The van der Waals surface area contributed by atoms with Crippen LogP contribution in [0, 0.1) is 0 Å². The molecule has 0 bridgehead atoms. The predicted molar refractivity (Wildman–Crippen MR) is 73.2 cm³/mol. The molecule has 3 aromatic rings. The third-order valence-corrected chi connectivity index (χ3v) is 3.07. The Morgan fingerprint density at radius 3 is 2.53 bits per heavy atom. The smallest absolute Gasteiger partial charge is 0.117 e. The number of nitrogens with one attached hydrogen (secondary N) is 1. The molecule has 0 unspecified atom stereocenters. The summed E-state index contributed by atoms with van der Waals surface area (Å²) in [6.45, 7) is 1.61. The number of rotatable bonds is 4. The van der Waals surface area contributed by atoms with E-state index in [9.17, 15) is 0 Å². The van der Waals surface area contributed by atoms with Gasteiger partial charge in [-0.15, -0.1) is 0 Å². The Morgan fingerprint density at radius 2 is 1.68 bits per heavy atom. The second-order valence-electron chi connectivity index (χ2n) is 4.32. The first kappa shape index (κ1) is 13.7. The van der Waals surface area contributed by atoms with Gasteiger partial charge in [0.05, 0.1) is 12.8 Å². The molecule has 0 amide bonds. The van der Waals surface area contributed by atoms with Crippen LogP contribution in [-0.4, -0.2) is 0 Å². The van der Waals surface area contributed by atoms with Crippen molar-refractivity contribution in [3.8, 4) is 0 Å². The molecule has 0 atom stereocenters. The largest absolute Gasteiger partial charge is 1.00 e. The molecule has 2 nitrogen and oxygen atoms in total. The zero-order valence-corrected chi connectivity index (χ0v) is 11.2. The van der Waals surface area contributed by atoms with Crippen LogP contribution in [0.5, 0.6) is 0 Å². The third kappa shape index (κ3) is 3.16. The first-order valence-corrected chi connectivity index (χ1v) is 6.13. The topological polar surface area (TPSA) is 25.2 Å². The molecular formula is C16H15ClNO-. The lowest BCUT2D eigenvalue weighted by atomic mass is 10.0. The zero-order valence-electron chi connectivity index (χ0n) is 10.5. The standard InChI is InChI=1S/C16H15NO.ClH/c1-2-9-16-13(5-1)6-3-7-14(16)11-17-12-15-8-4-10-18-15;/h1-10,17H,11-12H2;1H/p-1. The van der Waals surface area contributed by atoms with Crippen LogP contribution in [0.3, 0.4) is 0 Å². The molecule has 0 spiro atoms. The predicted octanol–water partition coefficient (Wildman–Crippen LogP) is 0.727. The summed E-state index contributed by atoms with van der Waals surface area (Å²) >= 11 is 0. The Morgan fingerprint density at radius 1 is 0.842 bits per heavy atom. The van der Waals surface area contributed by atoms with Crippen LogP contribution in [0.25, 0.3) is 10.8 Å². The van der Waals surface area contributed by atoms with Crippen LogP contribution in [-0.2, 0) is 13.1 Å². The molecule has 98 valence electrons. The number of hydrogen-bond acceptors (Lipinski definition) is 2. The molecule has 3 heteroatoms. The van der Waals surface area contributed by atoms with Crippen LogP contribution in [0.1, 0.15) is 11.3 Å². The van der Waals surface area contributed by atoms with Crippen molar-refractivity contribution in [2.45, 2.75) is 13.1 Å². The quantitative estimate of drug-likeness (QED) is 0.757. The summed E-state index contributed by atoms with van der Waals surface area (Å²) in [6.07, 6.45) is 1.70. The molecule has 0 aliphatic carbocycles. The van der Waals surface area contributed by atoms with E-state index in [-0.39, 0.29) is 12.4 Å². The number of furan rings is 1. The van der Waals surface area contributed by atoms with Gasteiger partial charge in [-0.3, -0.25) is 0 Å². The average molecular weight is 273 g/mol. The highest BCUT2D eigenvalue weighted by atomic mass is 35.5. The van der Waals surface area contributed by atoms with Gasteiger partial charge in [-0.25, -0.2) is 0 Å². The Kier molecular flexibility index (Phi) is 4.61. The minimum Gasteiger partial charge on any atom is -1.00 e. The summed E-state index contributed by atoms with van der Waals surface area (Å²) in [5.41, 5.74) is 1.32.